The molecule has 3 aliphatic rings. The lowest BCUT2D eigenvalue weighted by Gasteiger charge is -2.31. The molecule has 2 aromatic rings. The summed E-state index contributed by atoms with van der Waals surface area (Å²) in [4.78, 5) is 5.60. The normalized spacial score (nSPS) is 20.9. The van der Waals surface area contributed by atoms with Crippen molar-refractivity contribution in [2.24, 2.45) is 22.2 Å². The molecule has 1 heteroatoms. The van der Waals surface area contributed by atoms with Crippen LogP contribution in [0.4, 0.5) is 0 Å². The third-order valence-electron chi connectivity index (χ3n) is 9.88. The zero-order valence-corrected chi connectivity index (χ0v) is 28.9. The van der Waals surface area contributed by atoms with Crippen molar-refractivity contribution < 1.29 is 0 Å². The van der Waals surface area contributed by atoms with Crippen LogP contribution in [0.2, 0.25) is 0 Å². The standard InChI is InChI=1S/C42H53N/c1-25(2)35-23-32(42(11,12)13)17-19-34(35)27(4)43-39-37-24-31(41(8,9)10)15-14-28(37)21-38(39)36-22-29-20-30(40(5,6)7)16-18-33(29)26(36)3/h14-20,23-24,34-35H,1,21-22H2,2-13H3/b43-27+. The minimum atomic E-state index is 0.0785. The smallest absolute Gasteiger partial charge is 0.0742 e. The molecule has 2 unspecified atom stereocenters. The molecule has 3 aliphatic carbocycles. The van der Waals surface area contributed by atoms with Gasteiger partial charge in [-0.2, -0.15) is 0 Å². The first-order valence-corrected chi connectivity index (χ1v) is 16.2. The Balaban J connectivity index is 1.64. The van der Waals surface area contributed by atoms with Gasteiger partial charge in [0.2, 0.25) is 0 Å². The third-order valence-corrected chi connectivity index (χ3v) is 9.88. The maximum atomic E-state index is 5.60. The van der Waals surface area contributed by atoms with Crippen molar-refractivity contribution in [1.29, 1.82) is 0 Å². The van der Waals surface area contributed by atoms with Crippen LogP contribution in [0.15, 0.2) is 88.5 Å². The Bertz CT molecular complexity index is 1640. The first-order valence-electron chi connectivity index (χ1n) is 16.2. The molecule has 0 bridgehead atoms. The zero-order valence-electron chi connectivity index (χ0n) is 28.9. The number of aliphatic imine (C=N–C) groups is 1. The van der Waals surface area contributed by atoms with Crippen LogP contribution >= 0.6 is 0 Å². The van der Waals surface area contributed by atoms with E-state index in [2.05, 4.69) is 144 Å². The van der Waals surface area contributed by atoms with E-state index in [-0.39, 0.29) is 28.1 Å². The second-order valence-corrected chi connectivity index (χ2v) is 16.4. The first kappa shape index (κ1) is 31.2. The average Bonchev–Trinajstić information content (AvgIpc) is 3.43. The van der Waals surface area contributed by atoms with E-state index in [1.165, 1.54) is 72.7 Å². The van der Waals surface area contributed by atoms with Crippen molar-refractivity contribution in [1.82, 2.24) is 0 Å². The lowest BCUT2D eigenvalue weighted by molar-refractivity contribution is 0.500. The number of rotatable bonds is 4. The van der Waals surface area contributed by atoms with E-state index in [0.717, 1.165) is 12.8 Å². The molecule has 0 radical (unpaired) electrons. The van der Waals surface area contributed by atoms with Crippen molar-refractivity contribution in [3.05, 3.63) is 117 Å². The molecule has 2 atom stereocenters. The van der Waals surface area contributed by atoms with E-state index in [4.69, 9.17) is 4.99 Å². The number of allylic oxidation sites excluding steroid dienone is 8. The van der Waals surface area contributed by atoms with Gasteiger partial charge in [-0.05, 0) is 99.6 Å². The molecule has 0 aliphatic heterocycles. The molecule has 0 heterocycles. The third kappa shape index (κ3) is 5.98. The van der Waals surface area contributed by atoms with Crippen LogP contribution in [-0.4, -0.2) is 5.71 Å². The molecule has 0 fully saturated rings. The molecule has 0 saturated carbocycles. The minimum absolute atomic E-state index is 0.0785. The molecule has 43 heavy (non-hydrogen) atoms. The van der Waals surface area contributed by atoms with Crippen LogP contribution in [0, 0.1) is 17.3 Å². The Kier molecular flexibility index (Phi) is 7.82. The summed E-state index contributed by atoms with van der Waals surface area (Å²) in [7, 11) is 0. The fraction of sp³-hybridized carbons (Fsp3) is 0.452. The van der Waals surface area contributed by atoms with Crippen LogP contribution in [0.5, 0.6) is 0 Å². The Morgan fingerprint density at radius 1 is 0.721 bits per heavy atom. The monoisotopic (exact) mass is 571 g/mol. The highest BCUT2D eigenvalue weighted by Gasteiger charge is 2.33. The fourth-order valence-corrected chi connectivity index (χ4v) is 6.90. The Morgan fingerprint density at radius 3 is 1.93 bits per heavy atom. The summed E-state index contributed by atoms with van der Waals surface area (Å²) >= 11 is 0. The Morgan fingerprint density at radius 2 is 1.33 bits per heavy atom. The van der Waals surface area contributed by atoms with Crippen molar-refractivity contribution >= 4 is 17.0 Å². The van der Waals surface area contributed by atoms with E-state index < -0.39 is 0 Å². The summed E-state index contributed by atoms with van der Waals surface area (Å²) in [5, 5.41) is 0. The van der Waals surface area contributed by atoms with Crippen LogP contribution in [-0.2, 0) is 23.7 Å². The van der Waals surface area contributed by atoms with Gasteiger partial charge in [0, 0.05) is 29.5 Å². The van der Waals surface area contributed by atoms with E-state index in [0.29, 0.717) is 0 Å². The van der Waals surface area contributed by atoms with Gasteiger partial charge < -0.3 is 0 Å². The molecule has 0 spiro atoms. The summed E-state index contributed by atoms with van der Waals surface area (Å²) in [6.45, 7) is 31.8. The molecule has 226 valence electrons. The molecule has 1 nitrogen and oxygen atoms in total. The highest BCUT2D eigenvalue weighted by molar-refractivity contribution is 5.96. The zero-order chi connectivity index (χ0) is 31.6. The lowest BCUT2D eigenvalue weighted by atomic mass is 9.74. The van der Waals surface area contributed by atoms with Gasteiger partial charge in [0.25, 0.3) is 0 Å². The van der Waals surface area contributed by atoms with Crippen LogP contribution in [0.25, 0.3) is 11.3 Å². The van der Waals surface area contributed by atoms with E-state index in [1.807, 2.05) is 0 Å². The number of nitrogens with zero attached hydrogens (tertiary/aromatic N) is 1. The SMILES string of the molecule is C=C(C)C1C=C(C(C)(C)C)C=CC1/C(C)=N/C1=C(C2=C(C)c3ccc(C(C)(C)C)cc3C2)Cc2ccc(C(C)(C)C)cc21. The molecule has 0 aromatic heterocycles. The molecular formula is C42H53N. The number of benzene rings is 2. The summed E-state index contributed by atoms with van der Waals surface area (Å²) in [5.41, 5.74) is 17.9. The van der Waals surface area contributed by atoms with Gasteiger partial charge in [-0.15, -0.1) is 0 Å². The van der Waals surface area contributed by atoms with Crippen LogP contribution < -0.4 is 0 Å². The van der Waals surface area contributed by atoms with Crippen molar-refractivity contribution in [2.45, 2.75) is 107 Å². The Hall–Kier alpha value is -3.19. The summed E-state index contributed by atoms with van der Waals surface area (Å²) in [5.74, 6) is 0.457. The second-order valence-electron chi connectivity index (χ2n) is 16.4. The highest BCUT2D eigenvalue weighted by Crippen LogP contribution is 2.46. The maximum Gasteiger partial charge on any atom is 0.0742 e. The number of hydrogen-bond acceptors (Lipinski definition) is 1. The van der Waals surface area contributed by atoms with Gasteiger partial charge >= 0.3 is 0 Å². The molecular weight excluding hydrogens is 518 g/mol. The van der Waals surface area contributed by atoms with Gasteiger partial charge in [0.1, 0.15) is 0 Å². The predicted molar refractivity (Wildman–Crippen MR) is 189 cm³/mol. The van der Waals surface area contributed by atoms with Crippen LogP contribution in [0.3, 0.4) is 0 Å². The molecule has 2 aromatic carbocycles. The highest BCUT2D eigenvalue weighted by atomic mass is 14.8. The molecule has 0 N–H and O–H groups in total. The summed E-state index contributed by atoms with van der Waals surface area (Å²) in [6, 6.07) is 14.2. The fourth-order valence-electron chi connectivity index (χ4n) is 6.90. The quantitative estimate of drug-likeness (QED) is 0.256. The number of hydrogen-bond donors (Lipinski definition) is 0. The van der Waals surface area contributed by atoms with E-state index in [9.17, 15) is 0 Å². The second kappa shape index (κ2) is 10.8. The summed E-state index contributed by atoms with van der Waals surface area (Å²) in [6.07, 6.45) is 9.07. The topological polar surface area (TPSA) is 12.4 Å². The minimum Gasteiger partial charge on any atom is -0.257 e. The van der Waals surface area contributed by atoms with Gasteiger partial charge in [-0.1, -0.05) is 123 Å². The van der Waals surface area contributed by atoms with Gasteiger partial charge in [-0.25, -0.2) is 0 Å². The van der Waals surface area contributed by atoms with Crippen molar-refractivity contribution in [3.63, 3.8) is 0 Å². The number of fused-ring (bicyclic) bond motifs is 2. The van der Waals surface area contributed by atoms with E-state index >= 15 is 0 Å². The van der Waals surface area contributed by atoms with Crippen molar-refractivity contribution in [2.75, 3.05) is 0 Å². The van der Waals surface area contributed by atoms with Gasteiger partial charge in [-0.3, -0.25) is 4.99 Å². The van der Waals surface area contributed by atoms with E-state index in [1.54, 1.807) is 0 Å². The van der Waals surface area contributed by atoms with Gasteiger partial charge in [0.05, 0.1) is 5.70 Å². The van der Waals surface area contributed by atoms with Gasteiger partial charge in [0.15, 0.2) is 0 Å². The summed E-state index contributed by atoms with van der Waals surface area (Å²) < 4.78 is 0. The van der Waals surface area contributed by atoms with Crippen LogP contribution in [0.1, 0.15) is 116 Å². The molecule has 0 saturated heterocycles. The Labute approximate surface area is 262 Å². The largest absolute Gasteiger partial charge is 0.257 e. The predicted octanol–water partition coefficient (Wildman–Crippen LogP) is 11.4. The van der Waals surface area contributed by atoms with Crippen molar-refractivity contribution in [3.8, 4) is 0 Å². The maximum absolute atomic E-state index is 5.60. The average molecular weight is 572 g/mol. The lowest BCUT2D eigenvalue weighted by Crippen LogP contribution is -2.24. The molecule has 0 amide bonds. The molecule has 5 rings (SSSR count). The first-order chi connectivity index (χ1) is 19.9.